The van der Waals surface area contributed by atoms with Gasteiger partial charge in [0, 0.05) is 16.3 Å². The summed E-state index contributed by atoms with van der Waals surface area (Å²) >= 11 is 12.6. The smallest absolute Gasteiger partial charge is 0.266 e. The molecule has 0 aliphatic heterocycles. The van der Waals surface area contributed by atoms with E-state index in [9.17, 15) is 10.1 Å². The van der Waals surface area contributed by atoms with Gasteiger partial charge in [0.25, 0.3) is 5.91 Å². The molecule has 31 heavy (non-hydrogen) atoms. The van der Waals surface area contributed by atoms with Crippen molar-refractivity contribution in [3.8, 4) is 11.8 Å². The Labute approximate surface area is 191 Å². The zero-order valence-corrected chi connectivity index (χ0v) is 18.8. The molecule has 0 saturated heterocycles. The molecule has 0 spiro atoms. The minimum Gasteiger partial charge on any atom is -0.321 e. The normalized spacial score (nSPS) is 11.3. The second kappa shape index (κ2) is 10.3. The van der Waals surface area contributed by atoms with Crippen molar-refractivity contribution in [1.29, 1.82) is 5.26 Å². The van der Waals surface area contributed by atoms with Crippen LogP contribution in [0.25, 0.3) is 11.8 Å². The number of halogens is 2. The number of hydrogen-bond acceptors (Lipinski definition) is 3. The molecule has 0 aliphatic rings. The SMILES string of the molecule is CCCCc1ccc(NC(=O)C(C#N)=Cc2c(C)nn(-c3cccc(Cl)c3)c2Cl)cc1. The van der Waals surface area contributed by atoms with Crippen LogP contribution in [0.2, 0.25) is 10.2 Å². The van der Waals surface area contributed by atoms with Crippen LogP contribution in [0, 0.1) is 18.3 Å². The fourth-order valence-corrected chi connectivity index (χ4v) is 3.59. The van der Waals surface area contributed by atoms with Gasteiger partial charge in [-0.3, -0.25) is 4.79 Å². The number of aryl methyl sites for hydroxylation is 2. The Morgan fingerprint density at radius 2 is 1.97 bits per heavy atom. The number of carbonyl (C=O) groups is 1. The third kappa shape index (κ3) is 5.55. The summed E-state index contributed by atoms with van der Waals surface area (Å²) in [4.78, 5) is 12.7. The molecule has 0 fully saturated rings. The van der Waals surface area contributed by atoms with E-state index in [0.717, 1.165) is 19.3 Å². The van der Waals surface area contributed by atoms with Crippen molar-refractivity contribution in [1.82, 2.24) is 9.78 Å². The highest BCUT2D eigenvalue weighted by Crippen LogP contribution is 2.27. The molecule has 2 aromatic carbocycles. The number of nitrogens with zero attached hydrogens (tertiary/aromatic N) is 3. The first-order chi connectivity index (χ1) is 14.9. The predicted molar refractivity (Wildman–Crippen MR) is 126 cm³/mol. The van der Waals surface area contributed by atoms with Crippen LogP contribution in [-0.4, -0.2) is 15.7 Å². The molecule has 7 heteroatoms. The van der Waals surface area contributed by atoms with Gasteiger partial charge < -0.3 is 5.32 Å². The van der Waals surface area contributed by atoms with E-state index < -0.39 is 5.91 Å². The van der Waals surface area contributed by atoms with Crippen LogP contribution in [-0.2, 0) is 11.2 Å². The quantitative estimate of drug-likeness (QED) is 0.334. The maximum Gasteiger partial charge on any atom is 0.266 e. The van der Waals surface area contributed by atoms with Crippen LogP contribution in [0.15, 0.2) is 54.1 Å². The summed E-state index contributed by atoms with van der Waals surface area (Å²) in [5, 5.41) is 17.6. The van der Waals surface area contributed by atoms with E-state index in [1.54, 1.807) is 25.1 Å². The average Bonchev–Trinajstić information content (AvgIpc) is 3.04. The molecule has 1 heterocycles. The van der Waals surface area contributed by atoms with Crippen LogP contribution >= 0.6 is 23.2 Å². The third-order valence-corrected chi connectivity index (χ3v) is 5.38. The predicted octanol–water partition coefficient (Wildman–Crippen LogP) is 6.38. The van der Waals surface area contributed by atoms with E-state index in [4.69, 9.17) is 23.2 Å². The number of unbranched alkanes of at least 4 members (excludes halogenated alkanes) is 1. The van der Waals surface area contributed by atoms with E-state index in [-0.39, 0.29) is 5.57 Å². The maximum absolute atomic E-state index is 12.7. The molecular formula is C24H22Cl2N4O. The summed E-state index contributed by atoms with van der Waals surface area (Å²) in [7, 11) is 0. The van der Waals surface area contributed by atoms with Gasteiger partial charge in [-0.25, -0.2) is 4.68 Å². The molecule has 0 aliphatic carbocycles. The van der Waals surface area contributed by atoms with Crippen molar-refractivity contribution in [3.05, 3.63) is 81.1 Å². The standard InChI is InChI=1S/C24H22Cl2N4O/c1-3-4-6-17-9-11-20(12-10-17)28-24(31)18(15-27)13-22-16(2)29-30(23(22)26)21-8-5-7-19(25)14-21/h5,7-14H,3-4,6H2,1-2H3,(H,28,31). The number of amides is 1. The second-order valence-corrected chi connectivity index (χ2v) is 7.90. The summed E-state index contributed by atoms with van der Waals surface area (Å²) in [6, 6.07) is 16.7. The summed E-state index contributed by atoms with van der Waals surface area (Å²) in [6.07, 6.45) is 4.71. The number of benzene rings is 2. The first-order valence-corrected chi connectivity index (χ1v) is 10.7. The lowest BCUT2D eigenvalue weighted by Gasteiger charge is -2.06. The molecule has 1 N–H and O–H groups in total. The zero-order chi connectivity index (χ0) is 22.4. The number of anilines is 1. The molecule has 158 valence electrons. The highest BCUT2D eigenvalue weighted by atomic mass is 35.5. The van der Waals surface area contributed by atoms with E-state index in [2.05, 4.69) is 17.3 Å². The number of nitriles is 1. The van der Waals surface area contributed by atoms with Gasteiger partial charge in [-0.2, -0.15) is 10.4 Å². The number of aromatic nitrogens is 2. The first kappa shape index (κ1) is 22.6. The van der Waals surface area contributed by atoms with Gasteiger partial charge in [0.1, 0.15) is 16.8 Å². The van der Waals surface area contributed by atoms with Crippen LogP contribution in [0.5, 0.6) is 0 Å². The molecule has 1 amide bonds. The minimum atomic E-state index is -0.505. The van der Waals surface area contributed by atoms with Gasteiger partial charge in [-0.1, -0.05) is 54.7 Å². The summed E-state index contributed by atoms with van der Waals surface area (Å²) < 4.78 is 1.52. The zero-order valence-electron chi connectivity index (χ0n) is 17.3. The van der Waals surface area contributed by atoms with Crippen molar-refractivity contribution in [2.45, 2.75) is 33.1 Å². The highest BCUT2D eigenvalue weighted by molar-refractivity contribution is 6.32. The van der Waals surface area contributed by atoms with Gasteiger partial charge in [0.05, 0.1) is 11.4 Å². The molecule has 0 radical (unpaired) electrons. The van der Waals surface area contributed by atoms with E-state index >= 15 is 0 Å². The fraction of sp³-hybridized carbons (Fsp3) is 0.208. The fourth-order valence-electron chi connectivity index (χ4n) is 3.08. The Balaban J connectivity index is 1.83. The lowest BCUT2D eigenvalue weighted by atomic mass is 10.1. The number of nitrogens with one attached hydrogen (secondary N) is 1. The largest absolute Gasteiger partial charge is 0.321 e. The van der Waals surface area contributed by atoms with Crippen molar-refractivity contribution < 1.29 is 4.79 Å². The number of carbonyl (C=O) groups excluding carboxylic acids is 1. The van der Waals surface area contributed by atoms with Gasteiger partial charge in [-0.15, -0.1) is 0 Å². The van der Waals surface area contributed by atoms with Gasteiger partial charge in [0.15, 0.2) is 0 Å². The number of hydrogen-bond donors (Lipinski definition) is 1. The van der Waals surface area contributed by atoms with E-state index in [1.165, 1.54) is 16.3 Å². The first-order valence-electron chi connectivity index (χ1n) is 9.96. The van der Waals surface area contributed by atoms with Crippen LogP contribution < -0.4 is 5.32 Å². The van der Waals surface area contributed by atoms with Crippen molar-refractivity contribution in [2.24, 2.45) is 0 Å². The lowest BCUT2D eigenvalue weighted by molar-refractivity contribution is -0.112. The molecule has 1 aromatic heterocycles. The van der Waals surface area contributed by atoms with Gasteiger partial charge in [0.2, 0.25) is 0 Å². The Kier molecular flexibility index (Phi) is 7.51. The van der Waals surface area contributed by atoms with Crippen molar-refractivity contribution >= 4 is 40.9 Å². The monoisotopic (exact) mass is 452 g/mol. The van der Waals surface area contributed by atoms with Gasteiger partial charge in [-0.05, 0) is 61.7 Å². The third-order valence-electron chi connectivity index (χ3n) is 4.79. The van der Waals surface area contributed by atoms with Crippen molar-refractivity contribution in [2.75, 3.05) is 5.32 Å². The summed E-state index contributed by atoms with van der Waals surface area (Å²) in [6.45, 7) is 3.91. The molecule has 0 atom stereocenters. The summed E-state index contributed by atoms with van der Waals surface area (Å²) in [5.41, 5.74) is 3.56. The molecule has 0 bridgehead atoms. The Morgan fingerprint density at radius 3 is 2.61 bits per heavy atom. The van der Waals surface area contributed by atoms with E-state index in [0.29, 0.717) is 32.8 Å². The average molecular weight is 453 g/mol. The molecule has 0 unspecified atom stereocenters. The van der Waals surface area contributed by atoms with Crippen molar-refractivity contribution in [3.63, 3.8) is 0 Å². The Bertz CT molecular complexity index is 1160. The van der Waals surface area contributed by atoms with Crippen LogP contribution in [0.3, 0.4) is 0 Å². The topological polar surface area (TPSA) is 70.7 Å². The van der Waals surface area contributed by atoms with E-state index in [1.807, 2.05) is 36.4 Å². The molecule has 3 aromatic rings. The number of rotatable bonds is 7. The minimum absolute atomic E-state index is 0.0642. The van der Waals surface area contributed by atoms with Crippen LogP contribution in [0.1, 0.15) is 36.6 Å². The molecule has 5 nitrogen and oxygen atoms in total. The Hall–Kier alpha value is -3.07. The van der Waals surface area contributed by atoms with Crippen LogP contribution in [0.4, 0.5) is 5.69 Å². The lowest BCUT2D eigenvalue weighted by Crippen LogP contribution is -2.13. The molecule has 3 rings (SSSR count). The molecule has 0 saturated carbocycles. The summed E-state index contributed by atoms with van der Waals surface area (Å²) in [5.74, 6) is -0.505. The maximum atomic E-state index is 12.7. The Morgan fingerprint density at radius 1 is 1.23 bits per heavy atom. The molecular weight excluding hydrogens is 431 g/mol. The van der Waals surface area contributed by atoms with Gasteiger partial charge >= 0.3 is 0 Å². The highest BCUT2D eigenvalue weighted by Gasteiger charge is 2.17. The second-order valence-electron chi connectivity index (χ2n) is 7.11.